The summed E-state index contributed by atoms with van der Waals surface area (Å²) in [5, 5.41) is 14.6. The van der Waals surface area contributed by atoms with Crippen LogP contribution in [0.15, 0.2) is 53.4 Å². The Labute approximate surface area is 138 Å². The molecule has 0 aliphatic rings. The maximum absolute atomic E-state index is 11.9. The predicted molar refractivity (Wildman–Crippen MR) is 92.0 cm³/mol. The fourth-order valence-electron chi connectivity index (χ4n) is 2.04. The Balaban J connectivity index is 1.97. The van der Waals surface area contributed by atoms with Crippen molar-refractivity contribution in [1.29, 1.82) is 0 Å². The molecule has 0 aliphatic heterocycles. The highest BCUT2D eigenvalue weighted by Gasteiger charge is 2.05. The van der Waals surface area contributed by atoms with E-state index in [1.807, 2.05) is 30.3 Å². The van der Waals surface area contributed by atoms with Crippen molar-refractivity contribution in [2.45, 2.75) is 11.4 Å². The van der Waals surface area contributed by atoms with Crippen molar-refractivity contribution in [2.24, 2.45) is 0 Å². The lowest BCUT2D eigenvalue weighted by Crippen LogP contribution is -2.26. The number of rotatable bonds is 7. The lowest BCUT2D eigenvalue weighted by Gasteiger charge is -2.09. The van der Waals surface area contributed by atoms with Crippen LogP contribution in [0, 0.1) is 0 Å². The zero-order valence-corrected chi connectivity index (χ0v) is 13.7. The average molecular weight is 332 g/mol. The van der Waals surface area contributed by atoms with Gasteiger partial charge in [-0.15, -0.1) is 0 Å². The minimum absolute atomic E-state index is 0.0811. The first-order chi connectivity index (χ1) is 11.1. The first-order valence-electron chi connectivity index (χ1n) is 7.25. The number of amides is 1. The maximum Gasteiger partial charge on any atom is 0.251 e. The molecule has 2 rings (SSSR count). The highest BCUT2D eigenvalue weighted by molar-refractivity contribution is 7.84. The van der Waals surface area contributed by atoms with Crippen molar-refractivity contribution in [3.05, 3.63) is 59.7 Å². The molecule has 5 nitrogen and oxygen atoms in total. The van der Waals surface area contributed by atoms with E-state index in [0.29, 0.717) is 12.1 Å². The Bertz CT molecular complexity index is 686. The van der Waals surface area contributed by atoms with Gasteiger partial charge in [0.1, 0.15) is 0 Å². The van der Waals surface area contributed by atoms with Gasteiger partial charge in [-0.3, -0.25) is 9.00 Å². The molecule has 23 heavy (non-hydrogen) atoms. The van der Waals surface area contributed by atoms with E-state index in [1.165, 1.54) is 0 Å². The molecule has 1 unspecified atom stereocenters. The van der Waals surface area contributed by atoms with Crippen LogP contribution in [0.2, 0.25) is 0 Å². The molecule has 0 aliphatic carbocycles. The van der Waals surface area contributed by atoms with Gasteiger partial charge in [0.25, 0.3) is 5.91 Å². The first kappa shape index (κ1) is 17.2. The van der Waals surface area contributed by atoms with E-state index in [0.717, 1.165) is 16.1 Å². The second kappa shape index (κ2) is 8.45. The number of aliphatic hydroxyl groups is 1. The first-order valence-corrected chi connectivity index (χ1v) is 8.81. The summed E-state index contributed by atoms with van der Waals surface area (Å²) in [6, 6.07) is 14.8. The highest BCUT2D eigenvalue weighted by Crippen LogP contribution is 2.13. The van der Waals surface area contributed by atoms with Crippen molar-refractivity contribution in [2.75, 3.05) is 24.7 Å². The van der Waals surface area contributed by atoms with Crippen molar-refractivity contribution < 1.29 is 14.1 Å². The smallest absolute Gasteiger partial charge is 0.251 e. The van der Waals surface area contributed by atoms with E-state index in [-0.39, 0.29) is 19.1 Å². The van der Waals surface area contributed by atoms with E-state index in [2.05, 4.69) is 10.6 Å². The Kier molecular flexibility index (Phi) is 6.31. The molecule has 2 aromatic carbocycles. The Morgan fingerprint density at radius 3 is 2.57 bits per heavy atom. The monoisotopic (exact) mass is 332 g/mol. The number of benzene rings is 2. The van der Waals surface area contributed by atoms with Gasteiger partial charge in [0.2, 0.25) is 0 Å². The zero-order chi connectivity index (χ0) is 16.7. The molecular formula is C17H20N2O3S. The average Bonchev–Trinajstić information content (AvgIpc) is 2.58. The Morgan fingerprint density at radius 2 is 1.91 bits per heavy atom. The van der Waals surface area contributed by atoms with Crippen molar-refractivity contribution in [3.8, 4) is 0 Å². The predicted octanol–water partition coefficient (Wildman–Crippen LogP) is 1.76. The molecule has 2 aromatic rings. The Morgan fingerprint density at radius 1 is 1.17 bits per heavy atom. The summed E-state index contributed by atoms with van der Waals surface area (Å²) in [4.78, 5) is 12.7. The van der Waals surface area contributed by atoms with Gasteiger partial charge in [-0.2, -0.15) is 0 Å². The van der Waals surface area contributed by atoms with Crippen molar-refractivity contribution >= 4 is 22.4 Å². The van der Waals surface area contributed by atoms with Gasteiger partial charge in [-0.1, -0.05) is 18.2 Å². The SMILES string of the molecule is CS(=O)c1ccc(CNc2cccc(C(=O)NCCO)c2)cc1. The number of carbonyl (C=O) groups is 1. The van der Waals surface area contributed by atoms with Crippen LogP contribution in [0.5, 0.6) is 0 Å². The van der Waals surface area contributed by atoms with Crippen LogP contribution < -0.4 is 10.6 Å². The number of nitrogens with one attached hydrogen (secondary N) is 2. The molecule has 0 heterocycles. The number of carbonyl (C=O) groups excluding carboxylic acids is 1. The van der Waals surface area contributed by atoms with E-state index >= 15 is 0 Å². The third-order valence-corrected chi connectivity index (χ3v) is 4.21. The normalized spacial score (nSPS) is 11.7. The van der Waals surface area contributed by atoms with E-state index in [4.69, 9.17) is 5.11 Å². The fraction of sp³-hybridized carbons (Fsp3) is 0.235. The summed E-state index contributed by atoms with van der Waals surface area (Å²) in [6.45, 7) is 0.766. The van der Waals surface area contributed by atoms with Gasteiger partial charge in [-0.25, -0.2) is 0 Å². The van der Waals surface area contributed by atoms with Crippen LogP contribution in [0.4, 0.5) is 5.69 Å². The number of hydrogen-bond donors (Lipinski definition) is 3. The minimum atomic E-state index is -0.971. The molecule has 3 N–H and O–H groups in total. The molecule has 0 bridgehead atoms. The second-order valence-corrected chi connectivity index (χ2v) is 6.39. The lowest BCUT2D eigenvalue weighted by molar-refractivity contribution is 0.0945. The number of hydrogen-bond acceptors (Lipinski definition) is 4. The van der Waals surface area contributed by atoms with Crippen molar-refractivity contribution in [1.82, 2.24) is 5.32 Å². The van der Waals surface area contributed by atoms with Crippen LogP contribution >= 0.6 is 0 Å². The molecular weight excluding hydrogens is 312 g/mol. The molecule has 122 valence electrons. The molecule has 0 aromatic heterocycles. The maximum atomic E-state index is 11.9. The standard InChI is InChI=1S/C17H20N2O3S/c1-23(22)16-7-5-13(6-8-16)12-19-15-4-2-3-14(11-15)17(21)18-9-10-20/h2-8,11,19-20H,9-10,12H2,1H3,(H,18,21). The third-order valence-electron chi connectivity index (χ3n) is 3.27. The molecule has 0 radical (unpaired) electrons. The van der Waals surface area contributed by atoms with Crippen LogP contribution in [0.25, 0.3) is 0 Å². The van der Waals surface area contributed by atoms with Crippen molar-refractivity contribution in [3.63, 3.8) is 0 Å². The van der Waals surface area contributed by atoms with Crippen LogP contribution in [-0.4, -0.2) is 34.6 Å². The minimum Gasteiger partial charge on any atom is -0.395 e. The van der Waals surface area contributed by atoms with Crippen LogP contribution in [0.1, 0.15) is 15.9 Å². The molecule has 0 saturated heterocycles. The van der Waals surface area contributed by atoms with Gasteiger partial charge >= 0.3 is 0 Å². The second-order valence-electron chi connectivity index (χ2n) is 5.01. The highest BCUT2D eigenvalue weighted by atomic mass is 32.2. The summed E-state index contributed by atoms with van der Waals surface area (Å²) in [6.07, 6.45) is 1.65. The quantitative estimate of drug-likeness (QED) is 0.722. The zero-order valence-electron chi connectivity index (χ0n) is 12.9. The molecule has 0 spiro atoms. The van der Waals surface area contributed by atoms with E-state index in [1.54, 1.807) is 24.5 Å². The topological polar surface area (TPSA) is 78.4 Å². The third kappa shape index (κ3) is 5.19. The fourth-order valence-corrected chi connectivity index (χ4v) is 2.56. The molecule has 6 heteroatoms. The lowest BCUT2D eigenvalue weighted by atomic mass is 10.1. The number of aliphatic hydroxyl groups excluding tert-OH is 1. The molecule has 0 saturated carbocycles. The molecule has 0 fully saturated rings. The summed E-state index contributed by atoms with van der Waals surface area (Å²) in [5.74, 6) is -0.211. The van der Waals surface area contributed by atoms with Gasteiger partial charge in [0.05, 0.1) is 6.61 Å². The van der Waals surface area contributed by atoms with Gasteiger partial charge in [-0.05, 0) is 35.9 Å². The van der Waals surface area contributed by atoms with Gasteiger partial charge in [0, 0.05) is 46.3 Å². The summed E-state index contributed by atoms with van der Waals surface area (Å²) in [5.41, 5.74) is 2.44. The van der Waals surface area contributed by atoms with Crippen LogP contribution in [-0.2, 0) is 17.3 Å². The summed E-state index contributed by atoms with van der Waals surface area (Å²) in [7, 11) is -0.971. The van der Waals surface area contributed by atoms with E-state index in [9.17, 15) is 9.00 Å². The summed E-state index contributed by atoms with van der Waals surface area (Å²) < 4.78 is 11.4. The summed E-state index contributed by atoms with van der Waals surface area (Å²) >= 11 is 0. The Hall–Kier alpha value is -2.18. The largest absolute Gasteiger partial charge is 0.395 e. The van der Waals surface area contributed by atoms with E-state index < -0.39 is 10.8 Å². The van der Waals surface area contributed by atoms with Gasteiger partial charge in [0.15, 0.2) is 0 Å². The number of anilines is 1. The molecule has 1 atom stereocenters. The molecule has 1 amide bonds. The van der Waals surface area contributed by atoms with Crippen LogP contribution in [0.3, 0.4) is 0 Å². The van der Waals surface area contributed by atoms with Gasteiger partial charge < -0.3 is 15.7 Å².